The molecule has 0 aliphatic carbocycles. The fraction of sp³-hybridized carbons (Fsp3) is 0.0714. The molecular weight excluding hydrogens is 296 g/mol. The predicted octanol–water partition coefficient (Wildman–Crippen LogP) is 4.55. The van der Waals surface area contributed by atoms with Crippen LogP contribution in [0.25, 0.3) is 0 Å². The maximum atomic E-state index is 10.8. The second-order valence-corrected chi connectivity index (χ2v) is 5.48. The van der Waals surface area contributed by atoms with E-state index in [1.807, 2.05) is 36.4 Å². The normalized spacial score (nSPS) is 10.2. The van der Waals surface area contributed by atoms with Gasteiger partial charge in [-0.1, -0.05) is 46.3 Å². The van der Waals surface area contributed by atoms with Crippen molar-refractivity contribution >= 4 is 34.0 Å². The van der Waals surface area contributed by atoms with E-state index in [0.29, 0.717) is 5.56 Å². The molecule has 0 spiro atoms. The van der Waals surface area contributed by atoms with Crippen LogP contribution >= 0.6 is 27.7 Å². The van der Waals surface area contributed by atoms with Crippen LogP contribution in [0.4, 0.5) is 0 Å². The molecule has 17 heavy (non-hydrogen) atoms. The highest BCUT2D eigenvalue weighted by atomic mass is 79.9. The highest BCUT2D eigenvalue weighted by molar-refractivity contribution is 9.10. The first-order chi connectivity index (χ1) is 8.29. The van der Waals surface area contributed by atoms with E-state index in [0.717, 1.165) is 21.4 Å². The molecule has 0 saturated heterocycles. The molecule has 86 valence electrons. The molecule has 0 aromatic heterocycles. The molecule has 3 heteroatoms. The summed E-state index contributed by atoms with van der Waals surface area (Å²) in [7, 11) is 0. The van der Waals surface area contributed by atoms with Crippen molar-refractivity contribution in [3.8, 4) is 0 Å². The molecule has 0 N–H and O–H groups in total. The summed E-state index contributed by atoms with van der Waals surface area (Å²) >= 11 is 5.08. The van der Waals surface area contributed by atoms with Crippen molar-refractivity contribution in [3.05, 3.63) is 64.1 Å². The summed E-state index contributed by atoms with van der Waals surface area (Å²) in [5.74, 6) is 0.917. The average Bonchev–Trinajstić information content (AvgIpc) is 2.39. The lowest BCUT2D eigenvalue weighted by molar-refractivity contribution is 0.112. The number of hydrogen-bond acceptors (Lipinski definition) is 2. The van der Waals surface area contributed by atoms with Crippen LogP contribution in [0, 0.1) is 0 Å². The Hall–Kier alpha value is -1.06. The smallest absolute Gasteiger partial charge is 0.151 e. The standard InChI is InChI=1S/C14H11BrOS/c15-14-7-6-13(8-12(14)9-16)17-10-11-4-2-1-3-5-11/h1-9H,10H2. The van der Waals surface area contributed by atoms with Gasteiger partial charge < -0.3 is 0 Å². The second-order valence-electron chi connectivity index (χ2n) is 3.58. The Bertz CT molecular complexity index is 511. The van der Waals surface area contributed by atoms with Gasteiger partial charge in [0.2, 0.25) is 0 Å². The van der Waals surface area contributed by atoms with E-state index in [2.05, 4.69) is 28.1 Å². The van der Waals surface area contributed by atoms with Gasteiger partial charge in [0, 0.05) is 20.7 Å². The Labute approximate surface area is 113 Å². The molecule has 1 nitrogen and oxygen atoms in total. The minimum absolute atomic E-state index is 0.697. The van der Waals surface area contributed by atoms with Crippen molar-refractivity contribution in [1.29, 1.82) is 0 Å². The molecule has 0 aliphatic rings. The van der Waals surface area contributed by atoms with Crippen molar-refractivity contribution in [2.45, 2.75) is 10.6 Å². The Morgan fingerprint density at radius 2 is 1.88 bits per heavy atom. The Morgan fingerprint density at radius 1 is 1.12 bits per heavy atom. The molecule has 0 radical (unpaired) electrons. The molecule has 0 unspecified atom stereocenters. The predicted molar refractivity (Wildman–Crippen MR) is 75.5 cm³/mol. The highest BCUT2D eigenvalue weighted by Crippen LogP contribution is 2.26. The van der Waals surface area contributed by atoms with E-state index < -0.39 is 0 Å². The molecular formula is C14H11BrOS. The minimum atomic E-state index is 0.697. The van der Waals surface area contributed by atoms with Gasteiger partial charge in [0.1, 0.15) is 0 Å². The van der Waals surface area contributed by atoms with Gasteiger partial charge in [0.15, 0.2) is 6.29 Å². The van der Waals surface area contributed by atoms with E-state index in [1.165, 1.54) is 5.56 Å². The first kappa shape index (κ1) is 12.4. The number of halogens is 1. The summed E-state index contributed by atoms with van der Waals surface area (Å²) in [4.78, 5) is 11.9. The molecule has 0 atom stereocenters. The molecule has 0 fully saturated rings. The summed E-state index contributed by atoms with van der Waals surface area (Å²) < 4.78 is 0.844. The average molecular weight is 307 g/mol. The van der Waals surface area contributed by atoms with Gasteiger partial charge in [-0.2, -0.15) is 0 Å². The topological polar surface area (TPSA) is 17.1 Å². The summed E-state index contributed by atoms with van der Waals surface area (Å²) in [5, 5.41) is 0. The lowest BCUT2D eigenvalue weighted by Crippen LogP contribution is -1.84. The van der Waals surface area contributed by atoms with Crippen LogP contribution in [0.2, 0.25) is 0 Å². The van der Waals surface area contributed by atoms with E-state index >= 15 is 0 Å². The lowest BCUT2D eigenvalue weighted by Gasteiger charge is -2.04. The number of hydrogen-bond donors (Lipinski definition) is 0. The maximum Gasteiger partial charge on any atom is 0.151 e. The largest absolute Gasteiger partial charge is 0.298 e. The van der Waals surface area contributed by atoms with Crippen molar-refractivity contribution < 1.29 is 4.79 Å². The maximum absolute atomic E-state index is 10.8. The van der Waals surface area contributed by atoms with E-state index in [1.54, 1.807) is 11.8 Å². The monoisotopic (exact) mass is 306 g/mol. The van der Waals surface area contributed by atoms with Crippen molar-refractivity contribution in [2.75, 3.05) is 0 Å². The third-order valence-corrected chi connectivity index (χ3v) is 4.13. The summed E-state index contributed by atoms with van der Waals surface area (Å²) in [6.45, 7) is 0. The molecule has 2 aromatic carbocycles. The number of aldehydes is 1. The number of carbonyl (C=O) groups excluding carboxylic acids is 1. The molecule has 0 saturated carbocycles. The first-order valence-corrected chi connectivity index (χ1v) is 6.99. The number of thioether (sulfide) groups is 1. The highest BCUT2D eigenvalue weighted by Gasteiger charge is 2.01. The molecule has 2 aromatic rings. The van der Waals surface area contributed by atoms with Crippen LogP contribution in [0.5, 0.6) is 0 Å². The summed E-state index contributed by atoms with van der Waals surface area (Å²) in [6, 6.07) is 16.1. The molecule has 0 aliphatic heterocycles. The SMILES string of the molecule is O=Cc1cc(SCc2ccccc2)ccc1Br. The third-order valence-electron chi connectivity index (χ3n) is 2.34. The van der Waals surface area contributed by atoms with Crippen molar-refractivity contribution in [2.24, 2.45) is 0 Å². The van der Waals surface area contributed by atoms with Crippen LogP contribution in [0.15, 0.2) is 57.9 Å². The zero-order valence-corrected chi connectivity index (χ0v) is 11.5. The molecule has 0 heterocycles. The van der Waals surface area contributed by atoms with E-state index in [9.17, 15) is 4.79 Å². The fourth-order valence-corrected chi connectivity index (χ4v) is 2.68. The van der Waals surface area contributed by atoms with Gasteiger partial charge >= 0.3 is 0 Å². The van der Waals surface area contributed by atoms with Crippen LogP contribution < -0.4 is 0 Å². The van der Waals surface area contributed by atoms with Gasteiger partial charge in [-0.15, -0.1) is 11.8 Å². The molecule has 0 bridgehead atoms. The summed E-state index contributed by atoms with van der Waals surface area (Å²) in [6.07, 6.45) is 0.872. The lowest BCUT2D eigenvalue weighted by atomic mass is 10.2. The number of carbonyl (C=O) groups is 1. The van der Waals surface area contributed by atoms with Gasteiger partial charge in [0.05, 0.1) is 0 Å². The first-order valence-electron chi connectivity index (χ1n) is 5.21. The number of benzene rings is 2. The molecule has 2 rings (SSSR count). The van der Waals surface area contributed by atoms with Gasteiger partial charge in [-0.3, -0.25) is 4.79 Å². The van der Waals surface area contributed by atoms with E-state index in [4.69, 9.17) is 0 Å². The second kappa shape index (κ2) is 6.03. The zero-order chi connectivity index (χ0) is 12.1. The van der Waals surface area contributed by atoms with Gasteiger partial charge in [-0.05, 0) is 23.8 Å². The Balaban J connectivity index is 2.07. The van der Waals surface area contributed by atoms with Crippen LogP contribution in [-0.4, -0.2) is 6.29 Å². The Kier molecular flexibility index (Phi) is 4.40. The quantitative estimate of drug-likeness (QED) is 0.609. The number of rotatable bonds is 4. The fourth-order valence-electron chi connectivity index (χ4n) is 1.44. The van der Waals surface area contributed by atoms with E-state index in [-0.39, 0.29) is 0 Å². The van der Waals surface area contributed by atoms with Crippen LogP contribution in [0.3, 0.4) is 0 Å². The van der Waals surface area contributed by atoms with Crippen LogP contribution in [-0.2, 0) is 5.75 Å². The minimum Gasteiger partial charge on any atom is -0.298 e. The van der Waals surface area contributed by atoms with Crippen molar-refractivity contribution in [3.63, 3.8) is 0 Å². The zero-order valence-electron chi connectivity index (χ0n) is 9.10. The summed E-state index contributed by atoms with van der Waals surface area (Å²) in [5.41, 5.74) is 1.98. The van der Waals surface area contributed by atoms with Gasteiger partial charge in [0.25, 0.3) is 0 Å². The van der Waals surface area contributed by atoms with Crippen LogP contribution in [0.1, 0.15) is 15.9 Å². The van der Waals surface area contributed by atoms with Gasteiger partial charge in [-0.25, -0.2) is 0 Å². The molecule has 0 amide bonds. The van der Waals surface area contributed by atoms with Crippen molar-refractivity contribution in [1.82, 2.24) is 0 Å². The third kappa shape index (κ3) is 3.45. The Morgan fingerprint density at radius 3 is 2.59 bits per heavy atom.